The minimum Gasteiger partial charge on any atom is -0.315 e. The van der Waals surface area contributed by atoms with E-state index in [1.165, 1.54) is 0 Å². The predicted octanol–water partition coefficient (Wildman–Crippen LogP) is 0.693. The summed E-state index contributed by atoms with van der Waals surface area (Å²) in [5.41, 5.74) is 0. The molecule has 102 valence electrons. The van der Waals surface area contributed by atoms with Gasteiger partial charge in [0.05, 0.1) is 0 Å². The van der Waals surface area contributed by atoms with Gasteiger partial charge < -0.3 is 5.32 Å². The Kier molecular flexibility index (Phi) is 5.85. The maximum Gasteiger partial charge on any atom is 0.279 e. The Hall–Kier alpha value is -0.170. The smallest absolute Gasteiger partial charge is 0.279 e. The van der Waals surface area contributed by atoms with Crippen molar-refractivity contribution in [1.29, 1.82) is 0 Å². The second-order valence-electron chi connectivity index (χ2n) is 4.89. The van der Waals surface area contributed by atoms with E-state index >= 15 is 0 Å². The molecule has 1 heterocycles. The third-order valence-electron chi connectivity index (χ3n) is 2.82. The maximum absolute atomic E-state index is 12.2. The summed E-state index contributed by atoms with van der Waals surface area (Å²) in [4.78, 5) is 0. The molecule has 0 bridgehead atoms. The van der Waals surface area contributed by atoms with Crippen molar-refractivity contribution in [1.82, 2.24) is 14.3 Å². The summed E-state index contributed by atoms with van der Waals surface area (Å²) in [6.45, 7) is 8.05. The lowest BCUT2D eigenvalue weighted by molar-refractivity contribution is 0.262. The van der Waals surface area contributed by atoms with Crippen LogP contribution in [0.25, 0.3) is 0 Å². The Labute approximate surface area is 105 Å². The lowest BCUT2D eigenvalue weighted by atomic mass is 10.1. The standard InChI is InChI=1S/C11H25N3O2S/c1-4-8-14(11-6-5-7-12-9-11)17(15,16)13-10(2)3/h10-13H,4-9H2,1-3H3. The first-order valence-electron chi connectivity index (χ1n) is 6.47. The molecule has 0 aromatic rings. The van der Waals surface area contributed by atoms with Gasteiger partial charge in [-0.1, -0.05) is 6.92 Å². The van der Waals surface area contributed by atoms with Gasteiger partial charge in [-0.15, -0.1) is 0 Å². The van der Waals surface area contributed by atoms with Gasteiger partial charge in [0.15, 0.2) is 0 Å². The first kappa shape index (κ1) is 14.9. The van der Waals surface area contributed by atoms with Crippen molar-refractivity contribution in [2.75, 3.05) is 19.6 Å². The fraction of sp³-hybridized carbons (Fsp3) is 1.00. The number of rotatable bonds is 6. The van der Waals surface area contributed by atoms with E-state index in [-0.39, 0.29) is 12.1 Å². The average molecular weight is 263 g/mol. The van der Waals surface area contributed by atoms with Crippen LogP contribution in [0.4, 0.5) is 0 Å². The molecule has 1 unspecified atom stereocenters. The molecule has 6 heteroatoms. The highest BCUT2D eigenvalue weighted by Gasteiger charge is 2.30. The van der Waals surface area contributed by atoms with E-state index in [9.17, 15) is 8.42 Å². The zero-order chi connectivity index (χ0) is 12.9. The minimum absolute atomic E-state index is 0.0593. The van der Waals surface area contributed by atoms with Gasteiger partial charge in [0, 0.05) is 25.2 Å². The fourth-order valence-electron chi connectivity index (χ4n) is 2.16. The van der Waals surface area contributed by atoms with Gasteiger partial charge in [-0.05, 0) is 39.7 Å². The van der Waals surface area contributed by atoms with E-state index in [1.54, 1.807) is 4.31 Å². The van der Waals surface area contributed by atoms with Crippen LogP contribution in [0, 0.1) is 0 Å². The molecule has 0 radical (unpaired) electrons. The van der Waals surface area contributed by atoms with E-state index < -0.39 is 10.2 Å². The Morgan fingerprint density at radius 2 is 2.18 bits per heavy atom. The van der Waals surface area contributed by atoms with E-state index in [4.69, 9.17) is 0 Å². The SMILES string of the molecule is CCCN(C1CCCNC1)S(=O)(=O)NC(C)C. The van der Waals surface area contributed by atoms with Gasteiger partial charge in [-0.25, -0.2) is 0 Å². The molecule has 0 aromatic heterocycles. The van der Waals surface area contributed by atoms with Crippen molar-refractivity contribution in [2.45, 2.75) is 52.1 Å². The molecular formula is C11H25N3O2S. The highest BCUT2D eigenvalue weighted by molar-refractivity contribution is 7.87. The van der Waals surface area contributed by atoms with Crippen molar-refractivity contribution in [3.63, 3.8) is 0 Å². The molecule has 1 aliphatic heterocycles. The Morgan fingerprint density at radius 3 is 2.65 bits per heavy atom. The fourth-order valence-corrected chi connectivity index (χ4v) is 3.89. The molecule has 1 fully saturated rings. The number of nitrogens with one attached hydrogen (secondary N) is 2. The monoisotopic (exact) mass is 263 g/mol. The van der Waals surface area contributed by atoms with Gasteiger partial charge in [-0.2, -0.15) is 17.4 Å². The van der Waals surface area contributed by atoms with Gasteiger partial charge >= 0.3 is 0 Å². The van der Waals surface area contributed by atoms with E-state index in [2.05, 4.69) is 10.0 Å². The molecular weight excluding hydrogens is 238 g/mol. The van der Waals surface area contributed by atoms with Crippen molar-refractivity contribution in [3.05, 3.63) is 0 Å². The van der Waals surface area contributed by atoms with Crippen LogP contribution in [0.2, 0.25) is 0 Å². The van der Waals surface area contributed by atoms with Crippen LogP contribution in [0.3, 0.4) is 0 Å². The summed E-state index contributed by atoms with van der Waals surface area (Å²) >= 11 is 0. The second-order valence-corrected chi connectivity index (χ2v) is 6.54. The lowest BCUT2D eigenvalue weighted by Crippen LogP contribution is -2.53. The van der Waals surface area contributed by atoms with Crippen molar-refractivity contribution in [2.24, 2.45) is 0 Å². The van der Waals surface area contributed by atoms with Crippen LogP contribution in [0.5, 0.6) is 0 Å². The van der Waals surface area contributed by atoms with E-state index in [0.717, 1.165) is 32.4 Å². The van der Waals surface area contributed by atoms with Crippen molar-refractivity contribution in [3.8, 4) is 0 Å². The molecule has 0 aliphatic carbocycles. The first-order chi connectivity index (χ1) is 7.97. The van der Waals surface area contributed by atoms with Crippen LogP contribution >= 0.6 is 0 Å². The third-order valence-corrected chi connectivity index (χ3v) is 4.68. The van der Waals surface area contributed by atoms with E-state index in [1.807, 2.05) is 20.8 Å². The third kappa shape index (κ3) is 4.54. The molecule has 17 heavy (non-hydrogen) atoms. The molecule has 0 spiro atoms. The highest BCUT2D eigenvalue weighted by atomic mass is 32.2. The van der Waals surface area contributed by atoms with Crippen LogP contribution in [0.1, 0.15) is 40.0 Å². The van der Waals surface area contributed by atoms with Crippen molar-refractivity contribution < 1.29 is 8.42 Å². The lowest BCUT2D eigenvalue weighted by Gasteiger charge is -2.34. The molecule has 0 aromatic carbocycles. The minimum atomic E-state index is -3.34. The molecule has 0 amide bonds. The predicted molar refractivity (Wildman–Crippen MR) is 70.1 cm³/mol. The molecule has 1 atom stereocenters. The Morgan fingerprint density at radius 1 is 1.47 bits per heavy atom. The summed E-state index contributed by atoms with van der Waals surface area (Å²) in [6.07, 6.45) is 2.84. The van der Waals surface area contributed by atoms with Gasteiger partial charge in [0.25, 0.3) is 10.2 Å². The maximum atomic E-state index is 12.2. The summed E-state index contributed by atoms with van der Waals surface area (Å²) in [6, 6.07) is 0.0378. The molecule has 2 N–H and O–H groups in total. The number of nitrogens with zero attached hydrogens (tertiary/aromatic N) is 1. The Bertz CT molecular complexity index is 311. The zero-order valence-electron chi connectivity index (χ0n) is 11.1. The summed E-state index contributed by atoms with van der Waals surface area (Å²) in [5, 5.41) is 3.27. The van der Waals surface area contributed by atoms with Crippen LogP contribution < -0.4 is 10.0 Å². The van der Waals surface area contributed by atoms with Crippen LogP contribution in [0.15, 0.2) is 0 Å². The van der Waals surface area contributed by atoms with Gasteiger partial charge in [0.2, 0.25) is 0 Å². The molecule has 1 aliphatic rings. The topological polar surface area (TPSA) is 61.4 Å². The quantitative estimate of drug-likeness (QED) is 0.741. The number of hydrogen-bond donors (Lipinski definition) is 2. The largest absolute Gasteiger partial charge is 0.315 e. The molecule has 5 nitrogen and oxygen atoms in total. The number of hydrogen-bond acceptors (Lipinski definition) is 3. The molecule has 1 saturated heterocycles. The van der Waals surface area contributed by atoms with Gasteiger partial charge in [0.1, 0.15) is 0 Å². The molecule has 0 saturated carbocycles. The number of piperidine rings is 1. The average Bonchev–Trinajstić information content (AvgIpc) is 2.25. The van der Waals surface area contributed by atoms with Crippen LogP contribution in [-0.4, -0.2) is 44.4 Å². The first-order valence-corrected chi connectivity index (χ1v) is 7.91. The second kappa shape index (κ2) is 6.68. The summed E-state index contributed by atoms with van der Waals surface area (Å²) in [7, 11) is -3.34. The highest BCUT2D eigenvalue weighted by Crippen LogP contribution is 2.14. The zero-order valence-corrected chi connectivity index (χ0v) is 11.9. The van der Waals surface area contributed by atoms with Crippen molar-refractivity contribution >= 4 is 10.2 Å². The van der Waals surface area contributed by atoms with Crippen LogP contribution in [-0.2, 0) is 10.2 Å². The van der Waals surface area contributed by atoms with E-state index in [0.29, 0.717) is 6.54 Å². The van der Waals surface area contributed by atoms with Gasteiger partial charge in [-0.3, -0.25) is 0 Å². The molecule has 1 rings (SSSR count). The summed E-state index contributed by atoms with van der Waals surface area (Å²) in [5.74, 6) is 0. The summed E-state index contributed by atoms with van der Waals surface area (Å²) < 4.78 is 28.7. The Balaban J connectivity index is 2.75. The normalized spacial score (nSPS) is 22.3.